The second-order valence-corrected chi connectivity index (χ2v) is 4.51. The summed E-state index contributed by atoms with van der Waals surface area (Å²) in [6.45, 7) is -0.170. The van der Waals surface area contributed by atoms with Gasteiger partial charge >= 0.3 is 0 Å². The Morgan fingerprint density at radius 1 is 1.09 bits per heavy atom. The fourth-order valence-corrected chi connectivity index (χ4v) is 2.19. The Bertz CT molecular complexity index is 502. The lowest BCUT2D eigenvalue weighted by Crippen LogP contribution is -2.14. The van der Waals surface area contributed by atoms with Gasteiger partial charge in [0.2, 0.25) is 0 Å². The number of benzene rings is 1. The van der Waals surface area contributed by atoms with Crippen LogP contribution in [0.3, 0.4) is 0 Å². The minimum Gasteiger partial charge on any atom is -0.487 e. The van der Waals surface area contributed by atoms with E-state index in [-0.39, 0.29) is 66.6 Å². The Balaban J connectivity index is 3.48. The third-order valence-corrected chi connectivity index (χ3v) is 3.15. The van der Waals surface area contributed by atoms with Crippen LogP contribution in [-0.2, 0) is 17.6 Å². The molecule has 0 bridgehead atoms. The first-order valence-corrected chi connectivity index (χ1v) is 6.70. The summed E-state index contributed by atoms with van der Waals surface area (Å²) in [6, 6.07) is 0. The third kappa shape index (κ3) is 3.75. The van der Waals surface area contributed by atoms with Crippen LogP contribution in [-0.4, -0.2) is 48.7 Å². The number of nitrogens with two attached hydrogens (primary N) is 2. The number of rotatable bonds is 9. The Hall–Kier alpha value is -2.10. The van der Waals surface area contributed by atoms with Crippen LogP contribution >= 0.6 is 0 Å². The molecule has 0 fully saturated rings. The van der Waals surface area contributed by atoms with Crippen molar-refractivity contribution in [2.75, 3.05) is 45.0 Å². The van der Waals surface area contributed by atoms with E-state index in [0.717, 1.165) is 0 Å². The van der Waals surface area contributed by atoms with Crippen LogP contribution in [0.25, 0.3) is 0 Å². The molecule has 0 unspecified atom stereocenters. The second kappa shape index (κ2) is 8.37. The molecule has 0 aliphatic rings. The van der Waals surface area contributed by atoms with Gasteiger partial charge in [-0.25, -0.2) is 0 Å². The van der Waals surface area contributed by atoms with E-state index in [1.807, 2.05) is 0 Å². The highest BCUT2D eigenvalue weighted by Crippen LogP contribution is 2.43. The number of nitrogen functional groups attached to an aromatic ring is 2. The molecule has 0 aliphatic carbocycles. The Morgan fingerprint density at radius 3 is 1.95 bits per heavy atom. The minimum atomic E-state index is -0.609. The summed E-state index contributed by atoms with van der Waals surface area (Å²) in [5, 5.41) is 29.6. The standard InChI is InChI=1S/C13H21N3O6/c1-21-6-7-22-13-10(14)8(2-4-17)12(16(19)20)9(3-5-18)11(13)15/h17-18H,2-7,14-15H2,1H3. The molecule has 9 nitrogen and oxygen atoms in total. The zero-order valence-corrected chi connectivity index (χ0v) is 12.4. The quantitative estimate of drug-likeness (QED) is 0.212. The lowest BCUT2D eigenvalue weighted by Gasteiger charge is -2.18. The van der Waals surface area contributed by atoms with E-state index in [1.54, 1.807) is 0 Å². The molecule has 124 valence electrons. The van der Waals surface area contributed by atoms with E-state index in [1.165, 1.54) is 7.11 Å². The highest BCUT2D eigenvalue weighted by Gasteiger charge is 2.28. The summed E-state index contributed by atoms with van der Waals surface area (Å²) < 4.78 is 10.3. The number of nitro groups is 1. The van der Waals surface area contributed by atoms with Crippen LogP contribution < -0.4 is 16.2 Å². The first kappa shape index (κ1) is 18.0. The molecule has 1 aromatic rings. The van der Waals surface area contributed by atoms with Gasteiger partial charge in [0.1, 0.15) is 6.61 Å². The topological polar surface area (TPSA) is 154 Å². The Morgan fingerprint density at radius 2 is 1.59 bits per heavy atom. The molecule has 22 heavy (non-hydrogen) atoms. The number of methoxy groups -OCH3 is 1. The van der Waals surface area contributed by atoms with Gasteiger partial charge in [-0.1, -0.05) is 0 Å². The number of nitro benzene ring substituents is 1. The molecule has 1 aromatic carbocycles. The zero-order chi connectivity index (χ0) is 16.7. The van der Waals surface area contributed by atoms with Crippen molar-refractivity contribution >= 4 is 17.1 Å². The molecule has 0 saturated carbocycles. The van der Waals surface area contributed by atoms with Gasteiger partial charge in [0.05, 0.1) is 34.0 Å². The van der Waals surface area contributed by atoms with Crippen LogP contribution in [0.15, 0.2) is 0 Å². The van der Waals surface area contributed by atoms with Crippen LogP contribution in [0.4, 0.5) is 17.1 Å². The van der Waals surface area contributed by atoms with Crippen molar-refractivity contribution in [3.8, 4) is 5.75 Å². The predicted molar refractivity (Wildman–Crippen MR) is 80.9 cm³/mol. The zero-order valence-electron chi connectivity index (χ0n) is 12.4. The minimum absolute atomic E-state index is 0.0124. The summed E-state index contributed by atoms with van der Waals surface area (Å²) in [5.74, 6) is 0.120. The first-order chi connectivity index (χ1) is 10.5. The molecular weight excluding hydrogens is 294 g/mol. The summed E-state index contributed by atoms with van der Waals surface area (Å²) in [7, 11) is 1.50. The average Bonchev–Trinajstić information content (AvgIpc) is 2.47. The predicted octanol–water partition coefficient (Wildman–Crippen LogP) is -0.146. The molecule has 0 heterocycles. The van der Waals surface area contributed by atoms with Crippen molar-refractivity contribution in [2.45, 2.75) is 12.8 Å². The fraction of sp³-hybridized carbons (Fsp3) is 0.538. The van der Waals surface area contributed by atoms with Gasteiger partial charge in [0.25, 0.3) is 5.69 Å². The summed E-state index contributed by atoms with van der Waals surface area (Å²) in [5.41, 5.74) is 11.9. The molecule has 6 N–H and O–H groups in total. The maximum absolute atomic E-state index is 11.3. The summed E-state index contributed by atoms with van der Waals surface area (Å²) in [4.78, 5) is 10.7. The number of nitrogens with zero attached hydrogens (tertiary/aromatic N) is 1. The van der Waals surface area contributed by atoms with Crippen LogP contribution in [0.1, 0.15) is 11.1 Å². The van der Waals surface area contributed by atoms with Gasteiger partial charge < -0.3 is 31.2 Å². The van der Waals surface area contributed by atoms with Crippen molar-refractivity contribution in [3.63, 3.8) is 0 Å². The Labute approximate surface area is 127 Å². The van der Waals surface area contributed by atoms with Crippen molar-refractivity contribution in [1.82, 2.24) is 0 Å². The van der Waals surface area contributed by atoms with Gasteiger partial charge in [-0.3, -0.25) is 10.1 Å². The maximum Gasteiger partial charge on any atom is 0.280 e. The lowest BCUT2D eigenvalue weighted by atomic mass is 9.97. The fourth-order valence-electron chi connectivity index (χ4n) is 2.19. The molecule has 0 amide bonds. The van der Waals surface area contributed by atoms with Crippen molar-refractivity contribution in [1.29, 1.82) is 0 Å². The summed E-state index contributed by atoms with van der Waals surface area (Å²) in [6.07, 6.45) is -0.0248. The van der Waals surface area contributed by atoms with Crippen molar-refractivity contribution < 1.29 is 24.6 Å². The van der Waals surface area contributed by atoms with E-state index < -0.39 is 4.92 Å². The monoisotopic (exact) mass is 315 g/mol. The number of aliphatic hydroxyl groups is 2. The highest BCUT2D eigenvalue weighted by molar-refractivity contribution is 5.81. The van der Waals surface area contributed by atoms with E-state index in [2.05, 4.69) is 0 Å². The van der Waals surface area contributed by atoms with Crippen molar-refractivity contribution in [2.24, 2.45) is 0 Å². The molecule has 0 aromatic heterocycles. The normalized spacial score (nSPS) is 10.7. The molecule has 0 saturated heterocycles. The SMILES string of the molecule is COCCOc1c(N)c(CCO)c([N+](=O)[O-])c(CCO)c1N. The molecule has 0 radical (unpaired) electrons. The number of anilines is 2. The van der Waals surface area contributed by atoms with Gasteiger partial charge in [-0.2, -0.15) is 0 Å². The van der Waals surface area contributed by atoms with Crippen LogP contribution in [0.5, 0.6) is 5.75 Å². The van der Waals surface area contributed by atoms with Gasteiger partial charge in [-0.15, -0.1) is 0 Å². The van der Waals surface area contributed by atoms with Crippen LogP contribution in [0, 0.1) is 10.1 Å². The smallest absolute Gasteiger partial charge is 0.280 e. The average molecular weight is 315 g/mol. The summed E-state index contributed by atoms with van der Waals surface area (Å²) >= 11 is 0. The molecule has 1 rings (SSSR count). The van der Waals surface area contributed by atoms with E-state index >= 15 is 0 Å². The maximum atomic E-state index is 11.3. The van der Waals surface area contributed by atoms with E-state index in [4.69, 9.17) is 31.2 Å². The first-order valence-electron chi connectivity index (χ1n) is 6.70. The van der Waals surface area contributed by atoms with Crippen molar-refractivity contribution in [3.05, 3.63) is 21.2 Å². The molecule has 0 spiro atoms. The largest absolute Gasteiger partial charge is 0.487 e. The molecule has 0 atom stereocenters. The second-order valence-electron chi connectivity index (χ2n) is 4.51. The third-order valence-electron chi connectivity index (χ3n) is 3.15. The number of hydrogen-bond acceptors (Lipinski definition) is 8. The van der Waals surface area contributed by atoms with Gasteiger partial charge in [0, 0.05) is 33.2 Å². The molecular formula is C13H21N3O6. The number of ether oxygens (including phenoxy) is 2. The van der Waals surface area contributed by atoms with Gasteiger partial charge in [-0.05, 0) is 0 Å². The molecule has 0 aliphatic heterocycles. The van der Waals surface area contributed by atoms with E-state index in [9.17, 15) is 10.1 Å². The lowest BCUT2D eigenvalue weighted by molar-refractivity contribution is -0.386. The Kier molecular flexibility index (Phi) is 6.83. The molecule has 9 heteroatoms. The van der Waals surface area contributed by atoms with E-state index in [0.29, 0.717) is 6.61 Å². The van der Waals surface area contributed by atoms with Gasteiger partial charge in [0.15, 0.2) is 5.75 Å². The number of aliphatic hydroxyl groups excluding tert-OH is 2. The van der Waals surface area contributed by atoms with Crippen LogP contribution in [0.2, 0.25) is 0 Å². The number of hydrogen-bond donors (Lipinski definition) is 4. The highest BCUT2D eigenvalue weighted by atomic mass is 16.6.